The van der Waals surface area contributed by atoms with Gasteiger partial charge in [-0.2, -0.15) is 0 Å². The number of carbonyl (C=O) groups excluding carboxylic acids is 2. The Morgan fingerprint density at radius 2 is 1.61 bits per heavy atom. The van der Waals surface area contributed by atoms with Crippen LogP contribution in [-0.4, -0.2) is 18.4 Å². The zero-order chi connectivity index (χ0) is 20.9. The molecule has 0 atom stereocenters. The lowest BCUT2D eigenvalue weighted by Crippen LogP contribution is -2.32. The largest absolute Gasteiger partial charge is 0.326 e. The van der Waals surface area contributed by atoms with Crippen LogP contribution in [-0.2, 0) is 15.0 Å². The highest BCUT2D eigenvalue weighted by atomic mass is 16.2. The zero-order valence-electron chi connectivity index (χ0n) is 17.9. The molecule has 0 aliphatic carbocycles. The molecule has 2 rings (SSSR count). The second-order valence-corrected chi connectivity index (χ2v) is 8.51. The molecule has 4 heteroatoms. The molecule has 0 saturated carbocycles. The number of carbonyl (C=O) groups is 2. The van der Waals surface area contributed by atoms with Crippen molar-refractivity contribution in [3.05, 3.63) is 59.7 Å². The molecule has 0 fully saturated rings. The van der Waals surface area contributed by atoms with Crippen LogP contribution >= 0.6 is 0 Å². The molecule has 0 spiro atoms. The Hall–Kier alpha value is -2.62. The van der Waals surface area contributed by atoms with Gasteiger partial charge in [0.1, 0.15) is 0 Å². The molecule has 1 N–H and O–H groups in total. The Morgan fingerprint density at radius 1 is 1.00 bits per heavy atom. The molecule has 28 heavy (non-hydrogen) atoms. The second kappa shape index (κ2) is 9.05. The van der Waals surface area contributed by atoms with Crippen LogP contribution in [0.2, 0.25) is 0 Å². The fourth-order valence-corrected chi connectivity index (χ4v) is 3.16. The van der Waals surface area contributed by atoms with Crippen molar-refractivity contribution in [1.82, 2.24) is 0 Å². The van der Waals surface area contributed by atoms with Gasteiger partial charge in [-0.15, -0.1) is 0 Å². The number of rotatable bonds is 6. The maximum absolute atomic E-state index is 12.4. The molecule has 0 bridgehead atoms. The summed E-state index contributed by atoms with van der Waals surface area (Å²) in [5.41, 5.74) is 4.06. The van der Waals surface area contributed by atoms with Gasteiger partial charge in [0.25, 0.3) is 0 Å². The van der Waals surface area contributed by atoms with Crippen LogP contribution < -0.4 is 10.2 Å². The van der Waals surface area contributed by atoms with Crippen molar-refractivity contribution in [3.63, 3.8) is 0 Å². The van der Waals surface area contributed by atoms with E-state index in [1.807, 2.05) is 48.5 Å². The molecule has 0 aliphatic rings. The Labute approximate surface area is 169 Å². The van der Waals surface area contributed by atoms with Crippen molar-refractivity contribution >= 4 is 23.2 Å². The Kier molecular flexibility index (Phi) is 7.00. The molecule has 0 saturated heterocycles. The van der Waals surface area contributed by atoms with Crippen LogP contribution in [0.25, 0.3) is 0 Å². The van der Waals surface area contributed by atoms with Crippen molar-refractivity contribution in [2.45, 2.75) is 59.3 Å². The van der Waals surface area contributed by atoms with Crippen molar-refractivity contribution in [3.8, 4) is 0 Å². The van der Waals surface area contributed by atoms with E-state index < -0.39 is 0 Å². The summed E-state index contributed by atoms with van der Waals surface area (Å²) in [5, 5.41) is 2.93. The van der Waals surface area contributed by atoms with E-state index in [0.29, 0.717) is 12.5 Å². The number of hydrogen-bond acceptors (Lipinski definition) is 2. The normalized spacial score (nSPS) is 11.4. The molecular weight excluding hydrogens is 348 g/mol. The molecular formula is C24H32N2O2. The van der Waals surface area contributed by atoms with Crippen LogP contribution in [0, 0.1) is 0 Å². The van der Waals surface area contributed by atoms with E-state index in [0.717, 1.165) is 16.9 Å². The first kappa shape index (κ1) is 21.7. The predicted octanol–water partition coefficient (Wildman–Crippen LogP) is 5.49. The van der Waals surface area contributed by atoms with Gasteiger partial charge in [0.15, 0.2) is 0 Å². The Bertz CT molecular complexity index is 817. The summed E-state index contributed by atoms with van der Waals surface area (Å²) in [4.78, 5) is 26.3. The van der Waals surface area contributed by atoms with E-state index in [1.54, 1.807) is 11.8 Å². The van der Waals surface area contributed by atoms with Crippen LogP contribution in [0.15, 0.2) is 48.5 Å². The highest BCUT2D eigenvalue weighted by molar-refractivity contribution is 5.95. The summed E-state index contributed by atoms with van der Waals surface area (Å²) < 4.78 is 0. The van der Waals surface area contributed by atoms with Crippen LogP contribution in [0.5, 0.6) is 0 Å². The van der Waals surface area contributed by atoms with Crippen molar-refractivity contribution in [2.24, 2.45) is 0 Å². The molecule has 0 radical (unpaired) electrons. The van der Waals surface area contributed by atoms with E-state index in [2.05, 4.69) is 39.9 Å². The van der Waals surface area contributed by atoms with Gasteiger partial charge in [0.2, 0.25) is 11.8 Å². The number of amides is 2. The number of para-hydroxylation sites is 1. The monoisotopic (exact) mass is 380 g/mol. The van der Waals surface area contributed by atoms with Gasteiger partial charge >= 0.3 is 0 Å². The third kappa shape index (κ3) is 5.69. The molecule has 150 valence electrons. The summed E-state index contributed by atoms with van der Waals surface area (Å²) in [6.45, 7) is 12.6. The molecule has 2 aromatic carbocycles. The first-order valence-corrected chi connectivity index (χ1v) is 9.87. The topological polar surface area (TPSA) is 49.4 Å². The fourth-order valence-electron chi connectivity index (χ4n) is 3.16. The summed E-state index contributed by atoms with van der Waals surface area (Å²) in [7, 11) is 0. The molecule has 4 nitrogen and oxygen atoms in total. The minimum atomic E-state index is -0.100. The van der Waals surface area contributed by atoms with Crippen molar-refractivity contribution in [2.75, 3.05) is 16.8 Å². The standard InChI is InChI=1S/C24H32N2O2/c1-17(2)21-9-7-8-10-22(21)26(18(3)27)16-15-23(28)25-20-13-11-19(12-14-20)24(4,5)6/h7-14,17H,15-16H2,1-6H3,(H,25,28). The summed E-state index contributed by atoms with van der Waals surface area (Å²) in [5.74, 6) is 0.139. The van der Waals surface area contributed by atoms with Gasteiger partial charge in [0, 0.05) is 31.3 Å². The summed E-state index contributed by atoms with van der Waals surface area (Å²) in [6.07, 6.45) is 0.243. The third-order valence-electron chi connectivity index (χ3n) is 4.83. The van der Waals surface area contributed by atoms with Gasteiger partial charge in [0.05, 0.1) is 0 Å². The lowest BCUT2D eigenvalue weighted by molar-refractivity contribution is -0.117. The first-order chi connectivity index (χ1) is 13.1. The Morgan fingerprint density at radius 3 is 2.14 bits per heavy atom. The molecule has 0 heterocycles. The van der Waals surface area contributed by atoms with Gasteiger partial charge in [-0.1, -0.05) is 65.0 Å². The first-order valence-electron chi connectivity index (χ1n) is 9.87. The molecule has 0 unspecified atom stereocenters. The minimum absolute atomic E-state index is 0.0598. The van der Waals surface area contributed by atoms with Crippen LogP contribution in [0.1, 0.15) is 65.0 Å². The van der Waals surface area contributed by atoms with Crippen LogP contribution in [0.4, 0.5) is 11.4 Å². The smallest absolute Gasteiger partial charge is 0.226 e. The lowest BCUT2D eigenvalue weighted by atomic mass is 9.87. The maximum atomic E-state index is 12.4. The van der Waals surface area contributed by atoms with E-state index in [4.69, 9.17) is 0 Å². The fraction of sp³-hybridized carbons (Fsp3) is 0.417. The predicted molar refractivity (Wildman–Crippen MR) is 117 cm³/mol. The van der Waals surface area contributed by atoms with Crippen molar-refractivity contribution < 1.29 is 9.59 Å². The average molecular weight is 381 g/mol. The van der Waals surface area contributed by atoms with Crippen LogP contribution in [0.3, 0.4) is 0 Å². The molecule has 0 aliphatic heterocycles. The number of anilines is 2. The summed E-state index contributed by atoms with van der Waals surface area (Å²) >= 11 is 0. The molecule has 2 amide bonds. The molecule has 2 aromatic rings. The zero-order valence-corrected chi connectivity index (χ0v) is 17.9. The lowest BCUT2D eigenvalue weighted by Gasteiger charge is -2.25. The van der Waals surface area contributed by atoms with Gasteiger partial charge in [-0.3, -0.25) is 9.59 Å². The van der Waals surface area contributed by atoms with E-state index >= 15 is 0 Å². The highest BCUT2D eigenvalue weighted by Gasteiger charge is 2.18. The van der Waals surface area contributed by atoms with Gasteiger partial charge in [-0.05, 0) is 40.7 Å². The Balaban J connectivity index is 2.04. The number of hydrogen-bond donors (Lipinski definition) is 1. The second-order valence-electron chi connectivity index (χ2n) is 8.51. The maximum Gasteiger partial charge on any atom is 0.226 e. The number of nitrogens with one attached hydrogen (secondary N) is 1. The van der Waals surface area contributed by atoms with E-state index in [9.17, 15) is 9.59 Å². The quantitative estimate of drug-likeness (QED) is 0.720. The summed E-state index contributed by atoms with van der Waals surface area (Å²) in [6, 6.07) is 15.8. The average Bonchev–Trinajstić information content (AvgIpc) is 2.61. The van der Waals surface area contributed by atoms with E-state index in [-0.39, 0.29) is 23.7 Å². The number of benzene rings is 2. The van der Waals surface area contributed by atoms with Crippen molar-refractivity contribution in [1.29, 1.82) is 0 Å². The SMILES string of the molecule is CC(=O)N(CCC(=O)Nc1ccc(C(C)(C)C)cc1)c1ccccc1C(C)C. The third-order valence-corrected chi connectivity index (χ3v) is 4.83. The van der Waals surface area contributed by atoms with E-state index in [1.165, 1.54) is 5.56 Å². The van der Waals surface area contributed by atoms with Gasteiger partial charge < -0.3 is 10.2 Å². The van der Waals surface area contributed by atoms with Gasteiger partial charge in [-0.25, -0.2) is 0 Å². The number of nitrogens with zero attached hydrogens (tertiary/aromatic N) is 1. The molecule has 0 aromatic heterocycles. The highest BCUT2D eigenvalue weighted by Crippen LogP contribution is 2.28. The minimum Gasteiger partial charge on any atom is -0.326 e.